The third-order valence-electron chi connectivity index (χ3n) is 5.22. The molecule has 2 amide bonds. The number of amides is 2. The predicted octanol–water partition coefficient (Wildman–Crippen LogP) is 3.77. The second-order valence-corrected chi connectivity index (χ2v) is 6.89. The number of halogens is 1. The Labute approximate surface area is 157 Å². The van der Waals surface area contributed by atoms with Crippen LogP contribution in [0.3, 0.4) is 0 Å². The van der Waals surface area contributed by atoms with Crippen LogP contribution in [-0.4, -0.2) is 29.8 Å². The first-order valence-electron chi connectivity index (χ1n) is 9.33. The molecule has 0 atom stereocenters. The van der Waals surface area contributed by atoms with Crippen LogP contribution in [0.1, 0.15) is 30.9 Å². The first-order valence-corrected chi connectivity index (χ1v) is 9.33. The lowest BCUT2D eigenvalue weighted by Gasteiger charge is -2.20. The smallest absolute Gasteiger partial charge is 0.282 e. The normalized spacial score (nSPS) is 17.4. The summed E-state index contributed by atoms with van der Waals surface area (Å²) in [6, 6.07) is 13.3. The highest BCUT2D eigenvalue weighted by molar-refractivity contribution is 6.45. The number of aryl methyl sites for hydroxylation is 1. The van der Waals surface area contributed by atoms with Gasteiger partial charge in [-0.1, -0.05) is 31.2 Å². The van der Waals surface area contributed by atoms with Gasteiger partial charge in [-0.25, -0.2) is 9.29 Å². The van der Waals surface area contributed by atoms with E-state index < -0.39 is 0 Å². The van der Waals surface area contributed by atoms with E-state index in [9.17, 15) is 14.0 Å². The largest absolute Gasteiger partial charge is 0.366 e. The molecule has 0 unspecified atom stereocenters. The molecule has 138 valence electrons. The zero-order chi connectivity index (χ0) is 19.0. The lowest BCUT2D eigenvalue weighted by atomic mass is 10.0. The zero-order valence-electron chi connectivity index (χ0n) is 15.2. The van der Waals surface area contributed by atoms with Crippen molar-refractivity contribution in [1.29, 1.82) is 0 Å². The highest BCUT2D eigenvalue weighted by atomic mass is 19.1. The van der Waals surface area contributed by atoms with E-state index in [1.165, 1.54) is 17.0 Å². The molecule has 1 saturated heterocycles. The molecule has 0 saturated carbocycles. The van der Waals surface area contributed by atoms with Gasteiger partial charge < -0.3 is 4.90 Å². The topological polar surface area (TPSA) is 40.6 Å². The highest BCUT2D eigenvalue weighted by Crippen LogP contribution is 2.36. The minimum Gasteiger partial charge on any atom is -0.366 e. The first kappa shape index (κ1) is 17.5. The number of imide groups is 1. The van der Waals surface area contributed by atoms with Crippen LogP contribution in [0.2, 0.25) is 0 Å². The fourth-order valence-electron chi connectivity index (χ4n) is 3.74. The van der Waals surface area contributed by atoms with Crippen LogP contribution in [0, 0.1) is 5.82 Å². The molecule has 2 heterocycles. The van der Waals surface area contributed by atoms with Crippen LogP contribution in [0.5, 0.6) is 0 Å². The molecule has 2 aliphatic rings. The molecule has 0 aliphatic carbocycles. The van der Waals surface area contributed by atoms with Crippen molar-refractivity contribution in [2.75, 3.05) is 18.0 Å². The summed E-state index contributed by atoms with van der Waals surface area (Å²) >= 11 is 0. The molecule has 0 spiro atoms. The van der Waals surface area contributed by atoms with Gasteiger partial charge in [0.2, 0.25) is 0 Å². The summed E-state index contributed by atoms with van der Waals surface area (Å²) in [5.41, 5.74) is 3.08. The van der Waals surface area contributed by atoms with E-state index in [-0.39, 0.29) is 17.6 Å². The molecule has 0 radical (unpaired) electrons. The number of carbonyl (C=O) groups excluding carboxylic acids is 2. The van der Waals surface area contributed by atoms with Crippen molar-refractivity contribution in [1.82, 2.24) is 4.90 Å². The Kier molecular flexibility index (Phi) is 4.52. The van der Waals surface area contributed by atoms with Crippen LogP contribution < -0.4 is 4.90 Å². The molecule has 4 rings (SSSR count). The first-order chi connectivity index (χ1) is 13.1. The maximum absolute atomic E-state index is 13.4. The second-order valence-electron chi connectivity index (χ2n) is 6.89. The van der Waals surface area contributed by atoms with Crippen LogP contribution in [0.4, 0.5) is 10.1 Å². The molecule has 5 heteroatoms. The van der Waals surface area contributed by atoms with Crippen molar-refractivity contribution in [3.63, 3.8) is 0 Å². The fourth-order valence-corrected chi connectivity index (χ4v) is 3.74. The number of nitrogens with zero attached hydrogens (tertiary/aromatic N) is 2. The van der Waals surface area contributed by atoms with E-state index in [1.54, 1.807) is 12.1 Å². The fraction of sp³-hybridized carbons (Fsp3) is 0.273. The van der Waals surface area contributed by atoms with Crippen molar-refractivity contribution in [3.8, 4) is 0 Å². The van der Waals surface area contributed by atoms with Gasteiger partial charge in [0.25, 0.3) is 11.8 Å². The van der Waals surface area contributed by atoms with Crippen molar-refractivity contribution < 1.29 is 14.0 Å². The molecular formula is C22H21FN2O2. The van der Waals surface area contributed by atoms with Crippen molar-refractivity contribution in [2.24, 2.45) is 0 Å². The Morgan fingerprint density at radius 2 is 1.52 bits per heavy atom. The van der Waals surface area contributed by atoms with Crippen molar-refractivity contribution in [3.05, 3.63) is 71.2 Å². The Balaban J connectivity index is 1.79. The van der Waals surface area contributed by atoms with Gasteiger partial charge in [-0.15, -0.1) is 0 Å². The number of carbonyl (C=O) groups is 2. The van der Waals surface area contributed by atoms with Crippen LogP contribution in [-0.2, 0) is 16.0 Å². The van der Waals surface area contributed by atoms with E-state index in [0.717, 1.165) is 37.9 Å². The quantitative estimate of drug-likeness (QED) is 0.776. The predicted molar refractivity (Wildman–Crippen MR) is 102 cm³/mol. The van der Waals surface area contributed by atoms with Crippen LogP contribution >= 0.6 is 0 Å². The van der Waals surface area contributed by atoms with E-state index in [0.29, 0.717) is 22.5 Å². The third kappa shape index (κ3) is 3.03. The van der Waals surface area contributed by atoms with Gasteiger partial charge in [0.15, 0.2) is 0 Å². The average molecular weight is 364 g/mol. The molecule has 0 aromatic heterocycles. The minimum absolute atomic E-state index is 0.300. The number of benzene rings is 2. The third-order valence-corrected chi connectivity index (χ3v) is 5.22. The average Bonchev–Trinajstić information content (AvgIpc) is 3.29. The SMILES string of the molecule is CCc1ccc(N2C(=O)C(c3ccc(F)cc3)=C(N3CCCC3)C2=O)cc1. The summed E-state index contributed by atoms with van der Waals surface area (Å²) in [7, 11) is 0. The standard InChI is InChI=1S/C22H21FN2O2/c1-2-15-5-11-18(12-6-15)25-21(26)19(16-7-9-17(23)10-8-16)20(22(25)27)24-13-3-4-14-24/h5-12H,2-4,13-14H2,1H3. The van der Waals surface area contributed by atoms with Gasteiger partial charge in [-0.3, -0.25) is 9.59 Å². The summed E-state index contributed by atoms with van der Waals surface area (Å²) in [6.07, 6.45) is 2.88. The van der Waals surface area contributed by atoms with Crippen molar-refractivity contribution in [2.45, 2.75) is 26.2 Å². The lowest BCUT2D eigenvalue weighted by molar-refractivity contribution is -0.120. The molecule has 0 bridgehead atoms. The maximum Gasteiger partial charge on any atom is 0.282 e. The minimum atomic E-state index is -0.370. The number of hydrogen-bond acceptors (Lipinski definition) is 3. The van der Waals surface area contributed by atoms with E-state index in [1.807, 2.05) is 29.2 Å². The summed E-state index contributed by atoms with van der Waals surface area (Å²) < 4.78 is 13.4. The Morgan fingerprint density at radius 1 is 0.889 bits per heavy atom. The van der Waals surface area contributed by atoms with Crippen molar-refractivity contribution >= 4 is 23.1 Å². The summed E-state index contributed by atoms with van der Waals surface area (Å²) in [4.78, 5) is 29.7. The second kappa shape index (κ2) is 6.99. The maximum atomic E-state index is 13.4. The molecule has 0 N–H and O–H groups in total. The van der Waals surface area contributed by atoms with E-state index >= 15 is 0 Å². The monoisotopic (exact) mass is 364 g/mol. The molecule has 2 aromatic carbocycles. The van der Waals surface area contributed by atoms with Gasteiger partial charge in [0.1, 0.15) is 11.5 Å². The van der Waals surface area contributed by atoms with Gasteiger partial charge in [-0.2, -0.15) is 0 Å². The van der Waals surface area contributed by atoms with Gasteiger partial charge in [0, 0.05) is 13.1 Å². The summed E-state index contributed by atoms with van der Waals surface area (Å²) in [5, 5.41) is 0. The molecule has 2 aromatic rings. The molecule has 2 aliphatic heterocycles. The Hall–Kier alpha value is -2.95. The number of likely N-dealkylation sites (tertiary alicyclic amines) is 1. The molecule has 4 nitrogen and oxygen atoms in total. The Bertz CT molecular complexity index is 910. The zero-order valence-corrected chi connectivity index (χ0v) is 15.2. The Morgan fingerprint density at radius 3 is 2.11 bits per heavy atom. The molecular weight excluding hydrogens is 343 g/mol. The van der Waals surface area contributed by atoms with Gasteiger partial charge in [-0.05, 0) is 54.7 Å². The number of anilines is 1. The van der Waals surface area contributed by atoms with E-state index in [2.05, 4.69) is 6.92 Å². The number of rotatable bonds is 4. The lowest BCUT2D eigenvalue weighted by Crippen LogP contribution is -2.34. The van der Waals surface area contributed by atoms with Gasteiger partial charge >= 0.3 is 0 Å². The number of hydrogen-bond donors (Lipinski definition) is 0. The molecule has 27 heavy (non-hydrogen) atoms. The van der Waals surface area contributed by atoms with Crippen LogP contribution in [0.25, 0.3) is 5.57 Å². The van der Waals surface area contributed by atoms with E-state index in [4.69, 9.17) is 0 Å². The molecule has 1 fully saturated rings. The summed E-state index contributed by atoms with van der Waals surface area (Å²) in [6.45, 7) is 3.56. The summed E-state index contributed by atoms with van der Waals surface area (Å²) in [5.74, 6) is -1.02. The van der Waals surface area contributed by atoms with Crippen LogP contribution in [0.15, 0.2) is 54.2 Å². The highest BCUT2D eigenvalue weighted by Gasteiger charge is 2.42. The van der Waals surface area contributed by atoms with Gasteiger partial charge in [0.05, 0.1) is 11.3 Å².